The summed E-state index contributed by atoms with van der Waals surface area (Å²) in [6.45, 7) is 6.02. The van der Waals surface area contributed by atoms with Crippen LogP contribution in [-0.4, -0.2) is 29.8 Å². The zero-order chi connectivity index (χ0) is 16.7. The molecule has 0 spiro atoms. The van der Waals surface area contributed by atoms with Crippen molar-refractivity contribution in [2.24, 2.45) is 5.92 Å². The average Bonchev–Trinajstić information content (AvgIpc) is 2.56. The van der Waals surface area contributed by atoms with Crippen LogP contribution in [0.15, 0.2) is 54.6 Å². The summed E-state index contributed by atoms with van der Waals surface area (Å²) in [5, 5.41) is 9.88. The molecule has 0 saturated carbocycles. The largest absolute Gasteiger partial charge is 0.496 e. The lowest BCUT2D eigenvalue weighted by molar-refractivity contribution is 0.0778. The van der Waals surface area contributed by atoms with Gasteiger partial charge >= 0.3 is 0 Å². The van der Waals surface area contributed by atoms with Crippen molar-refractivity contribution in [2.45, 2.75) is 33.0 Å². The first-order valence-electron chi connectivity index (χ1n) is 8.16. The molecule has 3 nitrogen and oxygen atoms in total. The Morgan fingerprint density at radius 2 is 1.61 bits per heavy atom. The zero-order valence-corrected chi connectivity index (χ0v) is 14.3. The van der Waals surface area contributed by atoms with Crippen LogP contribution in [0.5, 0.6) is 5.75 Å². The number of hydrogen-bond acceptors (Lipinski definition) is 3. The summed E-state index contributed by atoms with van der Waals surface area (Å²) in [5.41, 5.74) is 2.39. The summed E-state index contributed by atoms with van der Waals surface area (Å²) in [7, 11) is 1.70. The van der Waals surface area contributed by atoms with Gasteiger partial charge in [-0.1, -0.05) is 62.4 Å². The van der Waals surface area contributed by atoms with Crippen LogP contribution >= 0.6 is 0 Å². The molecule has 0 radical (unpaired) electrons. The van der Waals surface area contributed by atoms with Gasteiger partial charge < -0.3 is 9.84 Å². The fourth-order valence-corrected chi connectivity index (χ4v) is 2.91. The summed E-state index contributed by atoms with van der Waals surface area (Å²) in [5.74, 6) is 1.27. The van der Waals surface area contributed by atoms with Crippen LogP contribution in [0, 0.1) is 5.92 Å². The molecule has 1 atom stereocenters. The number of aliphatic hydroxyl groups is 1. The van der Waals surface area contributed by atoms with E-state index in [-0.39, 0.29) is 12.6 Å². The second-order valence-corrected chi connectivity index (χ2v) is 6.20. The van der Waals surface area contributed by atoms with Crippen molar-refractivity contribution in [1.82, 2.24) is 4.90 Å². The molecule has 3 heteroatoms. The number of hydrogen-bond donors (Lipinski definition) is 1. The maximum Gasteiger partial charge on any atom is 0.123 e. The van der Waals surface area contributed by atoms with Gasteiger partial charge in [-0.15, -0.1) is 0 Å². The summed E-state index contributed by atoms with van der Waals surface area (Å²) >= 11 is 0. The van der Waals surface area contributed by atoms with E-state index in [1.54, 1.807) is 7.11 Å². The normalized spacial score (nSPS) is 12.6. The molecule has 0 aliphatic heterocycles. The van der Waals surface area contributed by atoms with Crippen LogP contribution in [0.25, 0.3) is 0 Å². The summed E-state index contributed by atoms with van der Waals surface area (Å²) in [6, 6.07) is 18.6. The van der Waals surface area contributed by atoms with Crippen molar-refractivity contribution in [3.8, 4) is 5.75 Å². The second kappa shape index (κ2) is 8.70. The number of aliphatic hydroxyl groups excluding tert-OH is 1. The predicted molar refractivity (Wildman–Crippen MR) is 94.4 cm³/mol. The van der Waals surface area contributed by atoms with Gasteiger partial charge in [-0.3, -0.25) is 4.90 Å². The monoisotopic (exact) mass is 313 g/mol. The molecule has 0 saturated heterocycles. The molecule has 0 fully saturated rings. The van der Waals surface area contributed by atoms with Crippen molar-refractivity contribution in [3.63, 3.8) is 0 Å². The lowest BCUT2D eigenvalue weighted by Gasteiger charge is -2.33. The number of rotatable bonds is 8. The Morgan fingerprint density at radius 1 is 0.957 bits per heavy atom. The van der Waals surface area contributed by atoms with Crippen LogP contribution in [0.3, 0.4) is 0 Å². The summed E-state index contributed by atoms with van der Waals surface area (Å²) < 4.78 is 5.48. The third kappa shape index (κ3) is 4.81. The standard InChI is InChI=1S/C20H27NO2/c1-16(2)19(15-22)21(13-17-9-5-4-6-10-17)14-18-11-7-8-12-20(18)23-3/h4-12,16,19,22H,13-15H2,1-3H3. The van der Waals surface area contributed by atoms with Gasteiger partial charge in [0.25, 0.3) is 0 Å². The number of methoxy groups -OCH3 is 1. The van der Waals surface area contributed by atoms with E-state index in [1.807, 2.05) is 24.3 Å². The Balaban J connectivity index is 2.25. The number of nitrogens with zero attached hydrogens (tertiary/aromatic N) is 1. The van der Waals surface area contributed by atoms with Crippen LogP contribution < -0.4 is 4.74 Å². The molecule has 0 heterocycles. The molecule has 0 aliphatic carbocycles. The highest BCUT2D eigenvalue weighted by Gasteiger charge is 2.22. The topological polar surface area (TPSA) is 32.7 Å². The lowest BCUT2D eigenvalue weighted by atomic mass is 10.0. The molecule has 0 aromatic heterocycles. The smallest absolute Gasteiger partial charge is 0.123 e. The van der Waals surface area contributed by atoms with Gasteiger partial charge in [-0.05, 0) is 17.5 Å². The van der Waals surface area contributed by atoms with E-state index in [1.165, 1.54) is 5.56 Å². The van der Waals surface area contributed by atoms with E-state index in [4.69, 9.17) is 4.74 Å². The van der Waals surface area contributed by atoms with E-state index in [2.05, 4.69) is 49.1 Å². The Kier molecular flexibility index (Phi) is 6.63. The van der Waals surface area contributed by atoms with Crippen molar-refractivity contribution >= 4 is 0 Å². The predicted octanol–water partition coefficient (Wildman–Crippen LogP) is 3.71. The van der Waals surface area contributed by atoms with Gasteiger partial charge in [-0.25, -0.2) is 0 Å². The van der Waals surface area contributed by atoms with Crippen LogP contribution in [0.4, 0.5) is 0 Å². The summed E-state index contributed by atoms with van der Waals surface area (Å²) in [4.78, 5) is 2.33. The molecule has 2 rings (SSSR count). The molecular formula is C20H27NO2. The van der Waals surface area contributed by atoms with Crippen molar-refractivity contribution in [1.29, 1.82) is 0 Å². The fraction of sp³-hybridized carbons (Fsp3) is 0.400. The SMILES string of the molecule is COc1ccccc1CN(Cc1ccccc1)C(CO)C(C)C. The highest BCUT2D eigenvalue weighted by atomic mass is 16.5. The minimum absolute atomic E-state index is 0.111. The zero-order valence-electron chi connectivity index (χ0n) is 14.3. The Labute approximate surface area is 139 Å². The summed E-state index contributed by atoms with van der Waals surface area (Å²) in [6.07, 6.45) is 0. The van der Waals surface area contributed by atoms with Crippen molar-refractivity contribution < 1.29 is 9.84 Å². The lowest BCUT2D eigenvalue weighted by Crippen LogP contribution is -2.40. The van der Waals surface area contributed by atoms with E-state index >= 15 is 0 Å². The molecule has 1 N–H and O–H groups in total. The van der Waals surface area contributed by atoms with Gasteiger partial charge in [0.1, 0.15) is 5.75 Å². The average molecular weight is 313 g/mol. The van der Waals surface area contributed by atoms with Crippen LogP contribution in [-0.2, 0) is 13.1 Å². The third-order valence-electron chi connectivity index (χ3n) is 4.22. The first-order valence-corrected chi connectivity index (χ1v) is 8.16. The highest BCUT2D eigenvalue weighted by molar-refractivity contribution is 5.33. The fourth-order valence-electron chi connectivity index (χ4n) is 2.91. The van der Waals surface area contributed by atoms with Crippen molar-refractivity contribution in [2.75, 3.05) is 13.7 Å². The van der Waals surface area contributed by atoms with Gasteiger partial charge in [0.05, 0.1) is 13.7 Å². The number of ether oxygens (including phenoxy) is 1. The Bertz CT molecular complexity index is 583. The van der Waals surface area contributed by atoms with Gasteiger partial charge in [0.2, 0.25) is 0 Å². The van der Waals surface area contributed by atoms with E-state index < -0.39 is 0 Å². The minimum Gasteiger partial charge on any atom is -0.496 e. The molecule has 0 aliphatic rings. The molecule has 2 aromatic carbocycles. The highest BCUT2D eigenvalue weighted by Crippen LogP contribution is 2.23. The molecular weight excluding hydrogens is 286 g/mol. The van der Waals surface area contributed by atoms with Crippen LogP contribution in [0.1, 0.15) is 25.0 Å². The Hall–Kier alpha value is -1.84. The minimum atomic E-state index is 0.111. The van der Waals surface area contributed by atoms with Gasteiger partial charge in [-0.2, -0.15) is 0 Å². The van der Waals surface area contributed by atoms with E-state index in [9.17, 15) is 5.11 Å². The van der Waals surface area contributed by atoms with E-state index in [0.717, 1.165) is 24.4 Å². The van der Waals surface area contributed by atoms with Crippen LogP contribution in [0.2, 0.25) is 0 Å². The molecule has 1 unspecified atom stereocenters. The maximum atomic E-state index is 9.88. The van der Waals surface area contributed by atoms with Crippen molar-refractivity contribution in [3.05, 3.63) is 65.7 Å². The first-order chi connectivity index (χ1) is 11.2. The number of benzene rings is 2. The molecule has 124 valence electrons. The number of para-hydroxylation sites is 1. The first kappa shape index (κ1) is 17.5. The molecule has 0 amide bonds. The van der Waals surface area contributed by atoms with E-state index in [0.29, 0.717) is 5.92 Å². The molecule has 2 aromatic rings. The van der Waals surface area contributed by atoms with Gasteiger partial charge in [0.15, 0.2) is 0 Å². The maximum absolute atomic E-state index is 9.88. The Morgan fingerprint density at radius 3 is 2.22 bits per heavy atom. The molecule has 0 bridgehead atoms. The second-order valence-electron chi connectivity index (χ2n) is 6.20. The van der Waals surface area contributed by atoms with Gasteiger partial charge in [0, 0.05) is 24.7 Å². The molecule has 23 heavy (non-hydrogen) atoms. The third-order valence-corrected chi connectivity index (χ3v) is 4.22. The quantitative estimate of drug-likeness (QED) is 0.806.